The van der Waals surface area contributed by atoms with E-state index in [4.69, 9.17) is 0 Å². The number of carbonyl (C=O) groups excluding carboxylic acids is 1. The largest absolute Gasteiger partial charge is 0.349 e. The molecule has 0 radical (unpaired) electrons. The summed E-state index contributed by atoms with van der Waals surface area (Å²) in [5, 5.41) is 14.6. The Morgan fingerprint density at radius 1 is 1.00 bits per heavy atom. The summed E-state index contributed by atoms with van der Waals surface area (Å²) in [7, 11) is 0. The van der Waals surface area contributed by atoms with Crippen LogP contribution in [0.15, 0.2) is 71.9 Å². The lowest BCUT2D eigenvalue weighted by Crippen LogP contribution is -2.28. The van der Waals surface area contributed by atoms with Crippen molar-refractivity contribution in [2.75, 3.05) is 5.75 Å². The molecule has 0 fully saturated rings. The van der Waals surface area contributed by atoms with Gasteiger partial charge in [-0.05, 0) is 60.9 Å². The molecule has 30 heavy (non-hydrogen) atoms. The molecule has 152 valence electrons. The van der Waals surface area contributed by atoms with Crippen molar-refractivity contribution in [3.8, 4) is 5.69 Å². The Balaban J connectivity index is 1.42. The molecule has 0 saturated carbocycles. The third kappa shape index (κ3) is 4.39. The first-order valence-corrected chi connectivity index (χ1v) is 10.9. The quantitative estimate of drug-likeness (QED) is 0.449. The molecule has 5 nitrogen and oxygen atoms in total. The van der Waals surface area contributed by atoms with Crippen LogP contribution in [0.25, 0.3) is 16.5 Å². The molecule has 1 unspecified atom stereocenters. The van der Waals surface area contributed by atoms with Gasteiger partial charge in [0.1, 0.15) is 5.82 Å². The predicted octanol–water partition coefficient (Wildman–Crippen LogP) is 5.01. The maximum absolute atomic E-state index is 12.6. The van der Waals surface area contributed by atoms with E-state index in [0.29, 0.717) is 5.16 Å². The number of rotatable bonds is 6. The van der Waals surface area contributed by atoms with Gasteiger partial charge in [0, 0.05) is 5.69 Å². The number of carbonyl (C=O) groups is 1. The van der Waals surface area contributed by atoms with E-state index in [2.05, 4.69) is 64.9 Å². The molecule has 1 N–H and O–H groups in total. The number of thioether (sulfide) groups is 1. The first-order chi connectivity index (χ1) is 14.5. The molecule has 0 saturated heterocycles. The van der Waals surface area contributed by atoms with Gasteiger partial charge in [0.05, 0.1) is 11.8 Å². The van der Waals surface area contributed by atoms with Crippen molar-refractivity contribution in [3.05, 3.63) is 83.7 Å². The Kier molecular flexibility index (Phi) is 5.86. The van der Waals surface area contributed by atoms with Crippen LogP contribution in [0, 0.1) is 13.8 Å². The number of aryl methyl sites for hydroxylation is 2. The normalized spacial score (nSPS) is 12.1. The molecule has 0 bridgehead atoms. The maximum atomic E-state index is 12.6. The molecular weight excluding hydrogens is 392 g/mol. The highest BCUT2D eigenvalue weighted by atomic mass is 32.2. The molecule has 1 heterocycles. The molecule has 6 heteroatoms. The minimum absolute atomic E-state index is 0.0305. The highest BCUT2D eigenvalue weighted by molar-refractivity contribution is 7.99. The highest BCUT2D eigenvalue weighted by Gasteiger charge is 2.15. The summed E-state index contributed by atoms with van der Waals surface area (Å²) in [5.74, 6) is 1.05. The van der Waals surface area contributed by atoms with E-state index in [1.807, 2.05) is 42.7 Å². The first-order valence-electron chi connectivity index (χ1n) is 9.91. The summed E-state index contributed by atoms with van der Waals surface area (Å²) in [5.41, 5.74) is 3.26. The van der Waals surface area contributed by atoms with Crippen molar-refractivity contribution in [2.24, 2.45) is 0 Å². The van der Waals surface area contributed by atoms with Crippen molar-refractivity contribution in [1.29, 1.82) is 0 Å². The zero-order chi connectivity index (χ0) is 21.1. The van der Waals surface area contributed by atoms with Gasteiger partial charge in [-0.3, -0.25) is 9.36 Å². The van der Waals surface area contributed by atoms with E-state index >= 15 is 0 Å². The zero-order valence-electron chi connectivity index (χ0n) is 17.3. The van der Waals surface area contributed by atoms with Crippen molar-refractivity contribution in [1.82, 2.24) is 20.1 Å². The van der Waals surface area contributed by atoms with Crippen LogP contribution in [0.5, 0.6) is 0 Å². The van der Waals surface area contributed by atoms with Gasteiger partial charge in [0.15, 0.2) is 5.16 Å². The van der Waals surface area contributed by atoms with Crippen molar-refractivity contribution in [2.45, 2.75) is 32.0 Å². The van der Waals surface area contributed by atoms with Gasteiger partial charge < -0.3 is 5.32 Å². The second-order valence-electron chi connectivity index (χ2n) is 7.39. The average molecular weight is 417 g/mol. The monoisotopic (exact) mass is 416 g/mol. The molecular formula is C24H24N4OS. The average Bonchev–Trinajstić information content (AvgIpc) is 3.12. The number of amides is 1. The minimum Gasteiger partial charge on any atom is -0.349 e. The van der Waals surface area contributed by atoms with Crippen LogP contribution < -0.4 is 5.32 Å². The molecule has 0 aliphatic carbocycles. The second-order valence-corrected chi connectivity index (χ2v) is 8.33. The van der Waals surface area contributed by atoms with Crippen LogP contribution in [0.1, 0.15) is 29.9 Å². The van der Waals surface area contributed by atoms with Crippen molar-refractivity contribution < 1.29 is 4.79 Å². The summed E-state index contributed by atoms with van der Waals surface area (Å²) in [6.45, 7) is 5.98. The number of fused-ring (bicyclic) bond motifs is 1. The molecule has 1 amide bonds. The summed E-state index contributed by atoms with van der Waals surface area (Å²) in [4.78, 5) is 12.6. The molecule has 1 aromatic heterocycles. The Morgan fingerprint density at radius 2 is 1.80 bits per heavy atom. The van der Waals surface area contributed by atoms with Crippen LogP contribution in [0.2, 0.25) is 0 Å². The van der Waals surface area contributed by atoms with Gasteiger partial charge in [0.25, 0.3) is 0 Å². The van der Waals surface area contributed by atoms with E-state index < -0.39 is 0 Å². The molecule has 0 aliphatic rings. The zero-order valence-corrected chi connectivity index (χ0v) is 18.1. The molecule has 4 rings (SSSR count). The van der Waals surface area contributed by atoms with E-state index in [1.165, 1.54) is 28.1 Å². The van der Waals surface area contributed by atoms with Gasteiger partial charge in [-0.15, -0.1) is 10.2 Å². The number of hydrogen-bond donors (Lipinski definition) is 1. The lowest BCUT2D eigenvalue weighted by Gasteiger charge is -2.15. The summed E-state index contributed by atoms with van der Waals surface area (Å²) < 4.78 is 1.98. The van der Waals surface area contributed by atoms with Crippen LogP contribution in [-0.4, -0.2) is 26.4 Å². The van der Waals surface area contributed by atoms with Crippen molar-refractivity contribution >= 4 is 28.4 Å². The third-order valence-corrected chi connectivity index (χ3v) is 5.97. The fourth-order valence-corrected chi connectivity index (χ4v) is 4.28. The SMILES string of the molecule is Cc1cccc(-n2c(C)nnc2SCC(=O)NC(C)c2ccc3ccccc3c2)c1. The van der Waals surface area contributed by atoms with E-state index in [9.17, 15) is 4.79 Å². The Bertz CT molecular complexity index is 1200. The van der Waals surface area contributed by atoms with Gasteiger partial charge in [-0.25, -0.2) is 0 Å². The highest BCUT2D eigenvalue weighted by Crippen LogP contribution is 2.23. The number of aromatic nitrogens is 3. The van der Waals surface area contributed by atoms with Gasteiger partial charge in [-0.2, -0.15) is 0 Å². The van der Waals surface area contributed by atoms with Crippen LogP contribution >= 0.6 is 11.8 Å². The van der Waals surface area contributed by atoms with Gasteiger partial charge >= 0.3 is 0 Å². The Labute approximate surface area is 180 Å². The Hall–Kier alpha value is -3.12. The van der Waals surface area contributed by atoms with Crippen molar-refractivity contribution in [3.63, 3.8) is 0 Å². The predicted molar refractivity (Wildman–Crippen MR) is 122 cm³/mol. The van der Waals surface area contributed by atoms with Gasteiger partial charge in [0.2, 0.25) is 5.91 Å². The van der Waals surface area contributed by atoms with Crippen LogP contribution in [0.3, 0.4) is 0 Å². The maximum Gasteiger partial charge on any atom is 0.230 e. The standard InChI is InChI=1S/C24H24N4OS/c1-16-7-6-10-22(13-16)28-18(3)26-27-24(28)30-15-23(29)25-17(2)20-12-11-19-8-4-5-9-21(19)14-20/h4-14,17H,15H2,1-3H3,(H,25,29). The second kappa shape index (κ2) is 8.71. The number of nitrogens with one attached hydrogen (secondary N) is 1. The fraction of sp³-hybridized carbons (Fsp3) is 0.208. The number of hydrogen-bond acceptors (Lipinski definition) is 4. The molecule has 3 aromatic carbocycles. The molecule has 0 spiro atoms. The Morgan fingerprint density at radius 3 is 2.60 bits per heavy atom. The third-order valence-electron chi connectivity index (χ3n) is 5.04. The smallest absolute Gasteiger partial charge is 0.230 e. The fourth-order valence-electron chi connectivity index (χ4n) is 3.47. The lowest BCUT2D eigenvalue weighted by molar-refractivity contribution is -0.119. The van der Waals surface area contributed by atoms with Gasteiger partial charge in [-0.1, -0.05) is 60.3 Å². The summed E-state index contributed by atoms with van der Waals surface area (Å²) in [6.07, 6.45) is 0. The molecule has 0 aliphatic heterocycles. The van der Waals surface area contributed by atoms with Crippen LogP contribution in [0.4, 0.5) is 0 Å². The number of benzene rings is 3. The number of nitrogens with zero attached hydrogens (tertiary/aromatic N) is 3. The lowest BCUT2D eigenvalue weighted by atomic mass is 10.0. The van der Waals surface area contributed by atoms with E-state index in [1.54, 1.807) is 0 Å². The summed E-state index contributed by atoms with van der Waals surface area (Å²) in [6, 6.07) is 22.6. The van der Waals surface area contributed by atoms with E-state index in [-0.39, 0.29) is 17.7 Å². The minimum atomic E-state index is -0.0703. The summed E-state index contributed by atoms with van der Waals surface area (Å²) >= 11 is 1.39. The first kappa shape index (κ1) is 20.2. The topological polar surface area (TPSA) is 59.8 Å². The van der Waals surface area contributed by atoms with Crippen LogP contribution in [-0.2, 0) is 4.79 Å². The van der Waals surface area contributed by atoms with E-state index in [0.717, 1.165) is 17.1 Å². The molecule has 1 atom stereocenters. The molecule has 4 aromatic rings.